The molecule has 11 heavy (non-hydrogen) atoms. The molecule has 3 fully saturated rings. The number of ether oxygens (including phenoxy) is 1. The van der Waals surface area contributed by atoms with Crippen LogP contribution in [0.25, 0.3) is 0 Å². The van der Waals surface area contributed by atoms with Crippen molar-refractivity contribution >= 4 is 0 Å². The van der Waals surface area contributed by atoms with Crippen molar-refractivity contribution < 1.29 is 14.5 Å². The van der Waals surface area contributed by atoms with E-state index in [-0.39, 0.29) is 11.7 Å². The monoisotopic (exact) mass is 158 g/mol. The minimum Gasteiger partial charge on any atom is -0.339 e. The average Bonchev–Trinajstić information content (AvgIpc) is 1.84. The first-order chi connectivity index (χ1) is 5.02. The Balaban J connectivity index is 2.22. The smallest absolute Gasteiger partial charge is 0.199 e. The van der Waals surface area contributed by atoms with Gasteiger partial charge in [0.15, 0.2) is 5.79 Å². The first-order valence-electron chi connectivity index (χ1n) is 4.07. The highest BCUT2D eigenvalue weighted by molar-refractivity contribution is 4.90. The number of fused-ring (bicyclic) bond motifs is 3. The van der Waals surface area contributed by atoms with Gasteiger partial charge in [-0.3, -0.25) is 0 Å². The van der Waals surface area contributed by atoms with E-state index in [0.717, 1.165) is 12.8 Å². The maximum Gasteiger partial charge on any atom is 0.199 e. The Kier molecular flexibility index (Phi) is 1.35. The molecule has 0 aliphatic carbocycles. The van der Waals surface area contributed by atoms with E-state index in [4.69, 9.17) is 14.5 Å². The standard InChI is InChI=1S/C8H14O3/c1-7(2)6-4-5-8(3,10-7)11-9-6/h6H,4-5H2,1-3H3/t6-,8-/m0/s1. The van der Waals surface area contributed by atoms with Crippen molar-refractivity contribution in [3.63, 3.8) is 0 Å². The van der Waals surface area contributed by atoms with Crippen molar-refractivity contribution in [3.8, 4) is 0 Å². The molecule has 0 aromatic heterocycles. The zero-order valence-corrected chi connectivity index (χ0v) is 7.22. The van der Waals surface area contributed by atoms with Crippen molar-refractivity contribution in [3.05, 3.63) is 0 Å². The van der Waals surface area contributed by atoms with Crippen molar-refractivity contribution in [2.45, 2.75) is 51.1 Å². The van der Waals surface area contributed by atoms with Gasteiger partial charge in [0, 0.05) is 6.42 Å². The summed E-state index contributed by atoms with van der Waals surface area (Å²) in [5.74, 6) is -0.502. The summed E-state index contributed by atoms with van der Waals surface area (Å²) in [4.78, 5) is 10.2. The van der Waals surface area contributed by atoms with Crippen LogP contribution in [-0.4, -0.2) is 17.5 Å². The molecule has 3 heteroatoms. The van der Waals surface area contributed by atoms with Crippen LogP contribution in [0.5, 0.6) is 0 Å². The molecule has 0 spiro atoms. The molecule has 2 atom stereocenters. The minimum atomic E-state index is -0.502. The minimum absolute atomic E-state index is 0.101. The van der Waals surface area contributed by atoms with Crippen LogP contribution < -0.4 is 0 Å². The van der Waals surface area contributed by atoms with E-state index >= 15 is 0 Å². The molecule has 0 aromatic rings. The number of rotatable bonds is 0. The van der Waals surface area contributed by atoms with Gasteiger partial charge in [0.25, 0.3) is 0 Å². The summed E-state index contributed by atoms with van der Waals surface area (Å²) in [6, 6.07) is 0. The first kappa shape index (κ1) is 7.53. The molecule has 0 saturated carbocycles. The van der Waals surface area contributed by atoms with Crippen LogP contribution in [0.15, 0.2) is 0 Å². The first-order valence-corrected chi connectivity index (χ1v) is 4.07. The van der Waals surface area contributed by atoms with Gasteiger partial charge in [-0.1, -0.05) is 0 Å². The Morgan fingerprint density at radius 2 is 2.00 bits per heavy atom. The summed E-state index contributed by atoms with van der Waals surface area (Å²) in [5.41, 5.74) is -0.189. The lowest BCUT2D eigenvalue weighted by atomic mass is 9.90. The molecule has 3 nitrogen and oxygen atoms in total. The Morgan fingerprint density at radius 1 is 1.27 bits per heavy atom. The Labute approximate surface area is 66.6 Å². The molecule has 0 amide bonds. The van der Waals surface area contributed by atoms with Gasteiger partial charge in [0.1, 0.15) is 6.10 Å². The molecule has 3 aliphatic rings. The van der Waals surface area contributed by atoms with Crippen LogP contribution >= 0.6 is 0 Å². The highest BCUT2D eigenvalue weighted by Gasteiger charge is 2.51. The van der Waals surface area contributed by atoms with Crippen LogP contribution in [-0.2, 0) is 14.5 Å². The zero-order valence-electron chi connectivity index (χ0n) is 7.22. The number of hydrogen-bond acceptors (Lipinski definition) is 3. The van der Waals surface area contributed by atoms with E-state index in [1.54, 1.807) is 0 Å². The highest BCUT2D eigenvalue weighted by atomic mass is 17.2. The van der Waals surface area contributed by atoms with Crippen LogP contribution in [0.3, 0.4) is 0 Å². The van der Waals surface area contributed by atoms with Gasteiger partial charge in [-0.15, -0.1) is 0 Å². The second-order valence-electron chi connectivity index (χ2n) is 4.05. The largest absolute Gasteiger partial charge is 0.339 e. The van der Waals surface area contributed by atoms with Gasteiger partial charge < -0.3 is 4.74 Å². The predicted molar refractivity (Wildman–Crippen MR) is 38.8 cm³/mol. The van der Waals surface area contributed by atoms with E-state index in [1.807, 2.05) is 20.8 Å². The van der Waals surface area contributed by atoms with E-state index in [0.29, 0.717) is 0 Å². The maximum atomic E-state index is 5.71. The molecule has 0 radical (unpaired) electrons. The summed E-state index contributed by atoms with van der Waals surface area (Å²) in [6.45, 7) is 6.00. The fraction of sp³-hybridized carbons (Fsp3) is 1.00. The zero-order chi connectivity index (χ0) is 8.11. The predicted octanol–water partition coefficient (Wildman–Crippen LogP) is 1.62. The topological polar surface area (TPSA) is 27.7 Å². The lowest BCUT2D eigenvalue weighted by molar-refractivity contribution is -0.537. The highest BCUT2D eigenvalue weighted by Crippen LogP contribution is 2.42. The van der Waals surface area contributed by atoms with E-state index in [2.05, 4.69) is 0 Å². The lowest BCUT2D eigenvalue weighted by Crippen LogP contribution is -2.59. The normalized spacial score (nSPS) is 47.7. The average molecular weight is 158 g/mol. The summed E-state index contributed by atoms with van der Waals surface area (Å²) in [7, 11) is 0. The van der Waals surface area contributed by atoms with Gasteiger partial charge in [0.05, 0.1) is 5.60 Å². The molecule has 3 saturated heterocycles. The quantitative estimate of drug-likeness (QED) is 0.501. The number of hydrogen-bond donors (Lipinski definition) is 0. The third kappa shape index (κ3) is 1.08. The van der Waals surface area contributed by atoms with Crippen LogP contribution in [0.2, 0.25) is 0 Å². The lowest BCUT2D eigenvalue weighted by Gasteiger charge is -2.51. The Bertz CT molecular complexity index is 165. The second kappa shape index (κ2) is 1.97. The molecular formula is C8H14O3. The van der Waals surface area contributed by atoms with Crippen LogP contribution in [0, 0.1) is 0 Å². The molecule has 0 unspecified atom stereocenters. The molecule has 3 heterocycles. The fourth-order valence-electron chi connectivity index (χ4n) is 1.80. The third-order valence-corrected chi connectivity index (χ3v) is 2.46. The van der Waals surface area contributed by atoms with Gasteiger partial charge in [-0.25, -0.2) is 9.78 Å². The summed E-state index contributed by atoms with van der Waals surface area (Å²) in [6.07, 6.45) is 2.06. The van der Waals surface area contributed by atoms with E-state index in [1.165, 1.54) is 0 Å². The van der Waals surface area contributed by atoms with Crippen LogP contribution in [0.4, 0.5) is 0 Å². The van der Waals surface area contributed by atoms with E-state index < -0.39 is 5.79 Å². The molecular weight excluding hydrogens is 144 g/mol. The SMILES string of the molecule is CC1(C)O[C@]2(C)CC[C@@H]1OO2. The Hall–Kier alpha value is -0.120. The maximum absolute atomic E-state index is 5.71. The van der Waals surface area contributed by atoms with Crippen molar-refractivity contribution in [1.82, 2.24) is 0 Å². The fourth-order valence-corrected chi connectivity index (χ4v) is 1.80. The summed E-state index contributed by atoms with van der Waals surface area (Å²) >= 11 is 0. The molecule has 2 bridgehead atoms. The molecule has 0 N–H and O–H groups in total. The third-order valence-electron chi connectivity index (χ3n) is 2.46. The van der Waals surface area contributed by atoms with Gasteiger partial charge >= 0.3 is 0 Å². The molecule has 64 valence electrons. The van der Waals surface area contributed by atoms with Gasteiger partial charge in [-0.05, 0) is 27.2 Å². The van der Waals surface area contributed by atoms with Gasteiger partial charge in [0.2, 0.25) is 0 Å². The van der Waals surface area contributed by atoms with E-state index in [9.17, 15) is 0 Å². The van der Waals surface area contributed by atoms with Crippen molar-refractivity contribution in [2.24, 2.45) is 0 Å². The molecule has 3 aliphatic heterocycles. The van der Waals surface area contributed by atoms with Crippen LogP contribution in [0.1, 0.15) is 33.6 Å². The molecule has 0 aromatic carbocycles. The Morgan fingerprint density at radius 3 is 2.27 bits per heavy atom. The second-order valence-corrected chi connectivity index (χ2v) is 4.05. The van der Waals surface area contributed by atoms with Gasteiger partial charge in [-0.2, -0.15) is 0 Å². The molecule has 3 rings (SSSR count). The van der Waals surface area contributed by atoms with Crippen molar-refractivity contribution in [2.75, 3.05) is 0 Å². The van der Waals surface area contributed by atoms with Crippen molar-refractivity contribution in [1.29, 1.82) is 0 Å². The summed E-state index contributed by atoms with van der Waals surface area (Å²) in [5, 5.41) is 0. The summed E-state index contributed by atoms with van der Waals surface area (Å²) < 4.78 is 5.71.